The third-order valence-corrected chi connectivity index (χ3v) is 5.88. The topological polar surface area (TPSA) is 88.2 Å². The molecule has 2 N–H and O–H groups in total. The van der Waals surface area contributed by atoms with E-state index in [1.807, 2.05) is 0 Å². The van der Waals surface area contributed by atoms with Gasteiger partial charge in [0.2, 0.25) is 5.91 Å². The van der Waals surface area contributed by atoms with Crippen LogP contribution in [0.3, 0.4) is 0 Å². The monoisotopic (exact) mass is 385 g/mol. The predicted molar refractivity (Wildman–Crippen MR) is 93.2 cm³/mol. The summed E-state index contributed by atoms with van der Waals surface area (Å²) in [6, 6.07) is 6.09. The summed E-state index contributed by atoms with van der Waals surface area (Å²) in [4.78, 5) is 15.6. The van der Waals surface area contributed by atoms with Crippen molar-refractivity contribution in [1.29, 1.82) is 0 Å². The van der Waals surface area contributed by atoms with Crippen LogP contribution in [-0.2, 0) is 20.2 Å². The van der Waals surface area contributed by atoms with Crippen LogP contribution < -0.4 is 10.0 Å². The number of carbonyl (C=O) groups is 1. The molecular formula is C15H13Cl2N3O3S. The highest BCUT2D eigenvalue weighted by atomic mass is 35.5. The molecule has 1 aromatic carbocycles. The summed E-state index contributed by atoms with van der Waals surface area (Å²) in [6.07, 6.45) is 1.12. The maximum absolute atomic E-state index is 12.5. The average molecular weight is 386 g/mol. The number of fused-ring (bicyclic) bond motifs is 1. The van der Waals surface area contributed by atoms with Crippen LogP contribution in [0.15, 0.2) is 35.4 Å². The Morgan fingerprint density at radius 2 is 1.92 bits per heavy atom. The predicted octanol–water partition coefficient (Wildman–Crippen LogP) is 3.42. The van der Waals surface area contributed by atoms with Crippen LogP contribution in [0, 0.1) is 0 Å². The number of aromatic nitrogens is 1. The van der Waals surface area contributed by atoms with Gasteiger partial charge in [-0.1, -0.05) is 23.2 Å². The van der Waals surface area contributed by atoms with E-state index in [2.05, 4.69) is 15.0 Å². The summed E-state index contributed by atoms with van der Waals surface area (Å²) in [5.41, 5.74) is 0.996. The van der Waals surface area contributed by atoms with Gasteiger partial charge in [0.15, 0.2) is 0 Å². The van der Waals surface area contributed by atoms with E-state index >= 15 is 0 Å². The van der Waals surface area contributed by atoms with Gasteiger partial charge in [-0.25, -0.2) is 13.4 Å². The van der Waals surface area contributed by atoms with Gasteiger partial charge in [-0.15, -0.1) is 0 Å². The van der Waals surface area contributed by atoms with Gasteiger partial charge in [0.25, 0.3) is 10.0 Å². The van der Waals surface area contributed by atoms with Crippen LogP contribution in [0.5, 0.6) is 0 Å². The van der Waals surface area contributed by atoms with Crippen molar-refractivity contribution in [2.45, 2.75) is 24.2 Å². The Labute approximate surface area is 149 Å². The number of rotatable bonds is 3. The van der Waals surface area contributed by atoms with Crippen molar-refractivity contribution in [1.82, 2.24) is 4.98 Å². The van der Waals surface area contributed by atoms with Crippen molar-refractivity contribution >= 4 is 50.5 Å². The average Bonchev–Trinajstić information content (AvgIpc) is 2.72. The SMILES string of the molecule is CC1(C)C(=O)Nc2ccc(NS(=O)(=O)c3cnc(Cl)c(Cl)c3)cc21. The second-order valence-electron chi connectivity index (χ2n) is 5.89. The zero-order chi connectivity index (χ0) is 17.7. The number of sulfonamides is 1. The number of amides is 1. The van der Waals surface area contributed by atoms with Gasteiger partial charge in [-0.2, -0.15) is 0 Å². The van der Waals surface area contributed by atoms with Gasteiger partial charge < -0.3 is 5.32 Å². The van der Waals surface area contributed by atoms with Gasteiger partial charge >= 0.3 is 0 Å². The Bertz CT molecular complexity index is 958. The number of anilines is 2. The molecule has 0 aliphatic carbocycles. The minimum atomic E-state index is -3.88. The smallest absolute Gasteiger partial charge is 0.263 e. The molecule has 126 valence electrons. The third kappa shape index (κ3) is 2.83. The molecule has 9 heteroatoms. The molecule has 24 heavy (non-hydrogen) atoms. The molecule has 0 saturated carbocycles. The largest absolute Gasteiger partial charge is 0.325 e. The van der Waals surface area contributed by atoms with Crippen LogP contribution in [0.2, 0.25) is 10.2 Å². The zero-order valence-corrected chi connectivity index (χ0v) is 15.1. The molecule has 0 spiro atoms. The number of halogens is 2. The van der Waals surface area contributed by atoms with Crippen LogP contribution in [0.4, 0.5) is 11.4 Å². The highest BCUT2D eigenvalue weighted by Gasteiger charge is 2.38. The molecular weight excluding hydrogens is 373 g/mol. The summed E-state index contributed by atoms with van der Waals surface area (Å²) in [5.74, 6) is -0.133. The summed E-state index contributed by atoms with van der Waals surface area (Å²) in [5, 5.41) is 2.84. The summed E-state index contributed by atoms with van der Waals surface area (Å²) in [6.45, 7) is 3.55. The lowest BCUT2D eigenvalue weighted by molar-refractivity contribution is -0.119. The van der Waals surface area contributed by atoms with Gasteiger partial charge in [0.05, 0.1) is 10.4 Å². The lowest BCUT2D eigenvalue weighted by atomic mass is 9.86. The summed E-state index contributed by atoms with van der Waals surface area (Å²) >= 11 is 11.5. The highest BCUT2D eigenvalue weighted by molar-refractivity contribution is 7.92. The number of benzene rings is 1. The number of nitrogens with zero attached hydrogens (tertiary/aromatic N) is 1. The van der Waals surface area contributed by atoms with E-state index in [0.29, 0.717) is 11.4 Å². The Morgan fingerprint density at radius 3 is 2.58 bits per heavy atom. The highest BCUT2D eigenvalue weighted by Crippen LogP contribution is 2.39. The van der Waals surface area contributed by atoms with E-state index in [1.165, 1.54) is 6.07 Å². The molecule has 0 atom stereocenters. The minimum absolute atomic E-state index is 0.0273. The molecule has 0 radical (unpaired) electrons. The number of hydrogen-bond donors (Lipinski definition) is 2. The van der Waals surface area contributed by atoms with Crippen molar-refractivity contribution in [3.8, 4) is 0 Å². The Balaban J connectivity index is 1.96. The first kappa shape index (κ1) is 17.0. The lowest BCUT2D eigenvalue weighted by Gasteiger charge is -2.16. The molecule has 2 heterocycles. The normalized spacial score (nSPS) is 15.8. The maximum Gasteiger partial charge on any atom is 0.263 e. The van der Waals surface area contributed by atoms with E-state index in [9.17, 15) is 13.2 Å². The second-order valence-corrected chi connectivity index (χ2v) is 8.34. The molecule has 3 rings (SSSR count). The van der Waals surface area contributed by atoms with Crippen molar-refractivity contribution in [3.05, 3.63) is 46.2 Å². The first-order chi connectivity index (χ1) is 11.1. The lowest BCUT2D eigenvalue weighted by Crippen LogP contribution is -2.26. The van der Waals surface area contributed by atoms with E-state index in [4.69, 9.17) is 23.2 Å². The quantitative estimate of drug-likeness (QED) is 0.792. The molecule has 1 aliphatic rings. The second kappa shape index (κ2) is 5.61. The van der Waals surface area contributed by atoms with Crippen molar-refractivity contribution in [3.63, 3.8) is 0 Å². The van der Waals surface area contributed by atoms with Crippen molar-refractivity contribution in [2.75, 3.05) is 10.0 Å². The molecule has 1 aromatic heterocycles. The van der Waals surface area contributed by atoms with Crippen molar-refractivity contribution < 1.29 is 13.2 Å². The number of hydrogen-bond acceptors (Lipinski definition) is 4. The Kier molecular flexibility index (Phi) is 3.98. The Hall–Kier alpha value is -1.83. The fraction of sp³-hybridized carbons (Fsp3) is 0.200. The summed E-state index contributed by atoms with van der Waals surface area (Å²) < 4.78 is 27.4. The number of pyridine rings is 1. The van der Waals surface area contributed by atoms with Gasteiger partial charge in [-0.05, 0) is 43.7 Å². The maximum atomic E-state index is 12.5. The molecule has 2 aromatic rings. The Morgan fingerprint density at radius 1 is 1.21 bits per heavy atom. The first-order valence-electron chi connectivity index (χ1n) is 6.91. The molecule has 0 saturated heterocycles. The minimum Gasteiger partial charge on any atom is -0.325 e. The van der Waals surface area contributed by atoms with E-state index in [0.717, 1.165) is 11.8 Å². The fourth-order valence-corrected chi connectivity index (χ4v) is 3.75. The van der Waals surface area contributed by atoms with E-state index < -0.39 is 15.4 Å². The van der Waals surface area contributed by atoms with E-state index in [1.54, 1.807) is 32.0 Å². The molecule has 1 aliphatic heterocycles. The third-order valence-electron chi connectivity index (χ3n) is 3.84. The van der Waals surface area contributed by atoms with E-state index in [-0.39, 0.29) is 21.0 Å². The van der Waals surface area contributed by atoms with Crippen LogP contribution in [-0.4, -0.2) is 19.3 Å². The standard InChI is InChI=1S/C15H13Cl2N3O3S/c1-15(2)10-5-8(3-4-12(10)19-14(15)21)20-24(22,23)9-6-11(16)13(17)18-7-9/h3-7,20H,1-2H3,(H,19,21). The first-order valence-corrected chi connectivity index (χ1v) is 9.15. The van der Waals surface area contributed by atoms with Crippen LogP contribution in [0.1, 0.15) is 19.4 Å². The molecule has 1 amide bonds. The van der Waals surface area contributed by atoms with Gasteiger partial charge in [0, 0.05) is 17.6 Å². The van der Waals surface area contributed by atoms with Crippen molar-refractivity contribution in [2.24, 2.45) is 0 Å². The van der Waals surface area contributed by atoms with Gasteiger partial charge in [-0.3, -0.25) is 9.52 Å². The number of carbonyl (C=O) groups excluding carboxylic acids is 1. The molecule has 0 fully saturated rings. The van der Waals surface area contributed by atoms with Crippen LogP contribution >= 0.6 is 23.2 Å². The summed E-state index contributed by atoms with van der Waals surface area (Å²) in [7, 11) is -3.88. The zero-order valence-electron chi connectivity index (χ0n) is 12.7. The van der Waals surface area contributed by atoms with Gasteiger partial charge in [0.1, 0.15) is 10.0 Å². The number of nitrogens with one attached hydrogen (secondary N) is 2. The molecule has 6 nitrogen and oxygen atoms in total. The fourth-order valence-electron chi connectivity index (χ4n) is 2.40. The molecule has 0 bridgehead atoms. The molecule has 0 unspecified atom stereocenters. The van der Waals surface area contributed by atoms with Crippen LogP contribution in [0.25, 0.3) is 0 Å².